The SMILES string of the molecule is Cc1cc(C)c(CNC(O)c2cc(-c3ccc(CN(C)CCCN(C)C)cc3)nc3c2cnn3C(C)C)c(=O)[nH]1. The second-order valence-corrected chi connectivity index (χ2v) is 11.3. The molecule has 0 amide bonds. The van der Waals surface area contributed by atoms with Gasteiger partial charge in [0.25, 0.3) is 5.56 Å². The highest BCUT2D eigenvalue weighted by Gasteiger charge is 2.19. The zero-order chi connectivity index (χ0) is 29.0. The number of rotatable bonds is 12. The van der Waals surface area contributed by atoms with Gasteiger partial charge in [0.1, 0.15) is 6.23 Å². The Labute approximate surface area is 236 Å². The minimum atomic E-state index is -1.01. The van der Waals surface area contributed by atoms with Gasteiger partial charge in [0, 0.05) is 46.9 Å². The molecule has 0 fully saturated rings. The number of hydrogen-bond acceptors (Lipinski definition) is 7. The van der Waals surface area contributed by atoms with Crippen molar-refractivity contribution < 1.29 is 5.11 Å². The summed E-state index contributed by atoms with van der Waals surface area (Å²) in [4.78, 5) is 24.9. The first-order valence-electron chi connectivity index (χ1n) is 13.9. The predicted molar refractivity (Wildman–Crippen MR) is 161 cm³/mol. The van der Waals surface area contributed by atoms with Crippen LogP contribution in [0.3, 0.4) is 0 Å². The van der Waals surface area contributed by atoms with Crippen LogP contribution < -0.4 is 10.9 Å². The molecule has 3 N–H and O–H groups in total. The Bertz CT molecular complexity index is 1490. The average Bonchev–Trinajstić information content (AvgIpc) is 3.32. The number of nitrogens with zero attached hydrogens (tertiary/aromatic N) is 5. The van der Waals surface area contributed by atoms with Crippen LogP contribution in [0.4, 0.5) is 0 Å². The first-order chi connectivity index (χ1) is 19.0. The first-order valence-corrected chi connectivity index (χ1v) is 13.9. The van der Waals surface area contributed by atoms with Crippen molar-refractivity contribution in [1.82, 2.24) is 34.9 Å². The van der Waals surface area contributed by atoms with Crippen LogP contribution in [0.25, 0.3) is 22.3 Å². The summed E-state index contributed by atoms with van der Waals surface area (Å²) in [7, 11) is 6.36. The van der Waals surface area contributed by atoms with E-state index in [2.05, 4.69) is 84.5 Å². The maximum absolute atomic E-state index is 12.5. The summed E-state index contributed by atoms with van der Waals surface area (Å²) in [6.45, 7) is 11.1. The van der Waals surface area contributed by atoms with E-state index in [1.54, 1.807) is 6.20 Å². The quantitative estimate of drug-likeness (QED) is 0.230. The molecule has 40 heavy (non-hydrogen) atoms. The third-order valence-electron chi connectivity index (χ3n) is 7.20. The minimum absolute atomic E-state index is 0.109. The number of aromatic amines is 1. The number of aliphatic hydroxyl groups excluding tert-OH is 1. The molecule has 4 aromatic rings. The topological polar surface area (TPSA) is 102 Å². The number of H-pyrrole nitrogens is 1. The highest BCUT2D eigenvalue weighted by molar-refractivity contribution is 5.83. The van der Waals surface area contributed by atoms with Gasteiger partial charge in [-0.2, -0.15) is 5.10 Å². The summed E-state index contributed by atoms with van der Waals surface area (Å²) in [6.07, 6.45) is 1.88. The molecule has 0 bridgehead atoms. The number of nitrogens with one attached hydrogen (secondary N) is 2. The lowest BCUT2D eigenvalue weighted by Crippen LogP contribution is -2.26. The van der Waals surface area contributed by atoms with Crippen LogP contribution in [0.2, 0.25) is 0 Å². The van der Waals surface area contributed by atoms with Crippen LogP contribution in [0, 0.1) is 13.8 Å². The normalized spacial score (nSPS) is 12.8. The Morgan fingerprint density at radius 3 is 2.45 bits per heavy atom. The molecule has 1 atom stereocenters. The van der Waals surface area contributed by atoms with Crippen LogP contribution in [-0.4, -0.2) is 68.9 Å². The molecular weight excluding hydrogens is 502 g/mol. The number of aliphatic hydroxyl groups is 1. The lowest BCUT2D eigenvalue weighted by atomic mass is 10.0. The second-order valence-electron chi connectivity index (χ2n) is 11.3. The summed E-state index contributed by atoms with van der Waals surface area (Å²) in [5.41, 5.74) is 6.54. The maximum atomic E-state index is 12.5. The minimum Gasteiger partial charge on any atom is -0.374 e. The molecule has 3 heterocycles. The molecule has 0 saturated heterocycles. The molecule has 4 rings (SSSR count). The second kappa shape index (κ2) is 12.9. The van der Waals surface area contributed by atoms with Gasteiger partial charge < -0.3 is 19.9 Å². The molecule has 0 aliphatic carbocycles. The molecule has 9 heteroatoms. The lowest BCUT2D eigenvalue weighted by Gasteiger charge is -2.19. The predicted octanol–water partition coefficient (Wildman–Crippen LogP) is 4.15. The van der Waals surface area contributed by atoms with Crippen LogP contribution in [0.5, 0.6) is 0 Å². The van der Waals surface area contributed by atoms with Crippen molar-refractivity contribution in [1.29, 1.82) is 0 Å². The molecular formula is C31H43N7O2. The Morgan fingerprint density at radius 1 is 1.07 bits per heavy atom. The van der Waals surface area contributed by atoms with E-state index in [1.807, 2.05) is 30.7 Å². The van der Waals surface area contributed by atoms with E-state index in [9.17, 15) is 9.90 Å². The van der Waals surface area contributed by atoms with Gasteiger partial charge >= 0.3 is 0 Å². The molecule has 1 aromatic carbocycles. The van der Waals surface area contributed by atoms with Crippen molar-refractivity contribution in [3.05, 3.63) is 80.9 Å². The molecule has 9 nitrogen and oxygen atoms in total. The number of hydrogen-bond donors (Lipinski definition) is 3. The summed E-state index contributed by atoms with van der Waals surface area (Å²) < 4.78 is 1.88. The molecule has 0 aliphatic rings. The Balaban J connectivity index is 1.60. The molecule has 0 radical (unpaired) electrons. The van der Waals surface area contributed by atoms with Crippen molar-refractivity contribution >= 4 is 11.0 Å². The molecule has 0 spiro atoms. The molecule has 1 unspecified atom stereocenters. The van der Waals surface area contributed by atoms with Crippen molar-refractivity contribution in [3.63, 3.8) is 0 Å². The van der Waals surface area contributed by atoms with E-state index < -0.39 is 6.23 Å². The van der Waals surface area contributed by atoms with E-state index in [4.69, 9.17) is 4.98 Å². The van der Waals surface area contributed by atoms with Crippen molar-refractivity contribution in [2.24, 2.45) is 0 Å². The highest BCUT2D eigenvalue weighted by atomic mass is 16.3. The van der Waals surface area contributed by atoms with Gasteiger partial charge in [-0.3, -0.25) is 10.1 Å². The van der Waals surface area contributed by atoms with E-state index >= 15 is 0 Å². The summed E-state index contributed by atoms with van der Waals surface area (Å²) >= 11 is 0. The smallest absolute Gasteiger partial charge is 0.252 e. The number of benzene rings is 1. The Hall–Kier alpha value is -3.37. The summed E-state index contributed by atoms with van der Waals surface area (Å²) in [6, 6.07) is 12.4. The zero-order valence-corrected chi connectivity index (χ0v) is 24.8. The van der Waals surface area contributed by atoms with Gasteiger partial charge in [0.05, 0.1) is 11.9 Å². The van der Waals surface area contributed by atoms with Gasteiger partial charge in [-0.05, 0) is 91.6 Å². The third-order valence-corrected chi connectivity index (χ3v) is 7.20. The van der Waals surface area contributed by atoms with Gasteiger partial charge in [-0.15, -0.1) is 0 Å². The lowest BCUT2D eigenvalue weighted by molar-refractivity contribution is 0.138. The van der Waals surface area contributed by atoms with E-state index in [1.165, 1.54) is 5.56 Å². The van der Waals surface area contributed by atoms with Crippen molar-refractivity contribution in [2.45, 2.75) is 59.5 Å². The van der Waals surface area contributed by atoms with Crippen LogP contribution in [0.1, 0.15) is 60.5 Å². The maximum Gasteiger partial charge on any atom is 0.252 e. The molecule has 0 aliphatic heterocycles. The Morgan fingerprint density at radius 2 is 1.80 bits per heavy atom. The first kappa shape index (κ1) is 29.6. The summed E-state index contributed by atoms with van der Waals surface area (Å²) in [5, 5.41) is 19.8. The molecule has 0 saturated carbocycles. The number of pyridine rings is 2. The van der Waals surface area contributed by atoms with Gasteiger partial charge in [0.15, 0.2) is 5.65 Å². The van der Waals surface area contributed by atoms with Crippen molar-refractivity contribution in [2.75, 3.05) is 34.2 Å². The standard InChI is InChI=1S/C31H43N7O2/c1-20(2)38-29-27(18-33-38)25(30(39)32-17-26-21(3)15-22(4)34-31(26)40)16-28(35-29)24-11-9-23(10-12-24)19-37(7)14-8-13-36(5)6/h9-12,15-16,18,20,30,32,39H,8,13-14,17,19H2,1-7H3,(H,34,40). The van der Waals surface area contributed by atoms with E-state index in [0.717, 1.165) is 59.6 Å². The van der Waals surface area contributed by atoms with Crippen LogP contribution in [0.15, 0.2) is 47.4 Å². The monoisotopic (exact) mass is 545 g/mol. The number of aryl methyl sites for hydroxylation is 2. The summed E-state index contributed by atoms with van der Waals surface area (Å²) in [5.74, 6) is 0. The third kappa shape index (κ3) is 7.03. The van der Waals surface area contributed by atoms with Gasteiger partial charge in [-0.1, -0.05) is 24.3 Å². The zero-order valence-electron chi connectivity index (χ0n) is 24.8. The fraction of sp³-hybridized carbons (Fsp3) is 0.452. The van der Waals surface area contributed by atoms with Crippen LogP contribution >= 0.6 is 0 Å². The highest BCUT2D eigenvalue weighted by Crippen LogP contribution is 2.29. The number of fused-ring (bicyclic) bond motifs is 1. The largest absolute Gasteiger partial charge is 0.374 e. The molecule has 3 aromatic heterocycles. The van der Waals surface area contributed by atoms with Crippen molar-refractivity contribution in [3.8, 4) is 11.3 Å². The van der Waals surface area contributed by atoms with Crippen LogP contribution in [-0.2, 0) is 13.1 Å². The Kier molecular flexibility index (Phi) is 9.52. The number of aromatic nitrogens is 4. The van der Waals surface area contributed by atoms with Gasteiger partial charge in [-0.25, -0.2) is 9.67 Å². The average molecular weight is 546 g/mol. The van der Waals surface area contributed by atoms with E-state index in [-0.39, 0.29) is 18.1 Å². The van der Waals surface area contributed by atoms with E-state index in [0.29, 0.717) is 11.1 Å². The fourth-order valence-corrected chi connectivity index (χ4v) is 5.03. The fourth-order valence-electron chi connectivity index (χ4n) is 5.03. The molecule has 214 valence electrons. The van der Waals surface area contributed by atoms with Gasteiger partial charge in [0.2, 0.25) is 0 Å².